The molecule has 0 fully saturated rings. The van der Waals surface area contributed by atoms with E-state index in [0.29, 0.717) is 0 Å². The summed E-state index contributed by atoms with van der Waals surface area (Å²) in [7, 11) is -2.80. The maximum Gasteiger partial charge on any atom is 0.368 e. The second-order valence-corrected chi connectivity index (χ2v) is 10.4. The van der Waals surface area contributed by atoms with E-state index >= 15 is 0 Å². The van der Waals surface area contributed by atoms with Crippen LogP contribution in [0.1, 0.15) is 30.0 Å². The molecule has 0 aliphatic carbocycles. The summed E-state index contributed by atoms with van der Waals surface area (Å²) < 4.78 is 40.5. The fourth-order valence-electron chi connectivity index (χ4n) is 4.40. The van der Waals surface area contributed by atoms with Gasteiger partial charge in [-0.15, -0.1) is 10.2 Å². The van der Waals surface area contributed by atoms with Gasteiger partial charge in [-0.05, 0) is 33.3 Å². The number of anilines is 1. The normalized spacial score (nSPS) is 15.9. The van der Waals surface area contributed by atoms with Crippen LogP contribution in [-0.4, -0.2) is 16.5 Å². The van der Waals surface area contributed by atoms with E-state index in [0.717, 1.165) is 27.5 Å². The number of aryl methyl sites for hydroxylation is 1. The Labute approximate surface area is 215 Å². The van der Waals surface area contributed by atoms with Crippen LogP contribution in [0.15, 0.2) is 78.5 Å². The highest BCUT2D eigenvalue weighted by Crippen LogP contribution is 2.46. The average molecular weight is 525 g/mol. The van der Waals surface area contributed by atoms with Gasteiger partial charge in [0.25, 0.3) is 0 Å². The molecule has 0 amide bonds. The molecule has 5 rings (SSSR count). The number of aromatic nitrogens is 3. The van der Waals surface area contributed by atoms with Crippen LogP contribution in [0, 0.1) is 17.2 Å². The minimum Gasteiger partial charge on any atom is -0.347 e. The van der Waals surface area contributed by atoms with Gasteiger partial charge in [-0.3, -0.25) is 0 Å². The summed E-state index contributed by atoms with van der Waals surface area (Å²) in [5.41, 5.74) is 7.93. The van der Waals surface area contributed by atoms with Crippen LogP contribution in [-0.2, 0) is 5.41 Å². The van der Waals surface area contributed by atoms with Gasteiger partial charge >= 0.3 is 5.65 Å². The van der Waals surface area contributed by atoms with Gasteiger partial charge in [0.2, 0.25) is 0 Å². The number of halogens is 1. The molecule has 0 unspecified atom stereocenters. The van der Waals surface area contributed by atoms with Crippen molar-refractivity contribution in [1.29, 1.82) is 0 Å². The summed E-state index contributed by atoms with van der Waals surface area (Å²) in [4.78, 5) is 8.26. The highest BCUT2D eigenvalue weighted by molar-refractivity contribution is 7.06. The third kappa shape index (κ3) is 5.46. The molecule has 0 saturated carbocycles. The molecule has 1 aliphatic rings. The van der Waals surface area contributed by atoms with Crippen LogP contribution in [0.25, 0.3) is 23.0 Å². The van der Waals surface area contributed by atoms with Crippen molar-refractivity contribution in [1.82, 2.24) is 9.47 Å². The van der Waals surface area contributed by atoms with E-state index in [-0.39, 0.29) is 5.41 Å². The quantitative estimate of drug-likeness (QED) is 0.363. The van der Waals surface area contributed by atoms with Crippen molar-refractivity contribution in [3.8, 4) is 11.3 Å². The highest BCUT2D eigenvalue weighted by Gasteiger charge is 2.37. The Morgan fingerprint density at radius 2 is 1.64 bits per heavy atom. The molecule has 2 aromatic heterocycles. The largest absolute Gasteiger partial charge is 0.368 e. The van der Waals surface area contributed by atoms with Gasteiger partial charge in [0.15, 0.2) is 5.69 Å². The molecule has 0 N–H and O–H groups in total. The molecule has 4 aromatic rings. The highest BCUT2D eigenvalue weighted by atomic mass is 35.7. The van der Waals surface area contributed by atoms with Gasteiger partial charge < -0.3 is 4.90 Å². The minimum atomic E-state index is -4.94. The van der Waals surface area contributed by atoms with Gasteiger partial charge in [-0.25, -0.2) is 18.6 Å². The summed E-state index contributed by atoms with van der Waals surface area (Å²) >= 11 is 1.47. The van der Waals surface area contributed by atoms with E-state index in [1.807, 2.05) is 22.7 Å². The number of fused-ring (bicyclic) bond motifs is 2. The number of hydrogen-bond donors (Lipinski definition) is 0. The van der Waals surface area contributed by atoms with Crippen molar-refractivity contribution in [2.45, 2.75) is 26.2 Å². The molecule has 0 bridgehead atoms. The predicted octanol–water partition coefficient (Wildman–Crippen LogP) is 0.821. The SMILES string of the molecule is Cc1cc(-c2ccccc2)nc2c(/C=C/C=C3\N(C)c4ccccc4C3(C)C)sn[n+]12.[O-][Cl+3]([O-])([O-])[O-]. The molecule has 2 aromatic carbocycles. The summed E-state index contributed by atoms with van der Waals surface area (Å²) in [5, 5.41) is 0. The Morgan fingerprint density at radius 3 is 2.31 bits per heavy atom. The second-order valence-electron chi connectivity index (χ2n) is 8.81. The van der Waals surface area contributed by atoms with Crippen LogP contribution in [0.5, 0.6) is 0 Å². The first-order valence-corrected chi connectivity index (χ1v) is 13.1. The van der Waals surface area contributed by atoms with Crippen molar-refractivity contribution in [2.24, 2.45) is 0 Å². The number of allylic oxidation sites excluding steroid dienone is 3. The van der Waals surface area contributed by atoms with Gasteiger partial charge in [0.1, 0.15) is 10.6 Å². The molecule has 3 heterocycles. The molecule has 0 saturated heterocycles. The third-order valence-corrected chi connectivity index (χ3v) is 6.82. The predicted molar refractivity (Wildman–Crippen MR) is 128 cm³/mol. The fourth-order valence-corrected chi connectivity index (χ4v) is 5.13. The average Bonchev–Trinajstić information content (AvgIpc) is 3.31. The molecule has 8 nitrogen and oxygen atoms in total. The third-order valence-electron chi connectivity index (χ3n) is 6.06. The lowest BCUT2D eigenvalue weighted by molar-refractivity contribution is -2.00. The first kappa shape index (κ1) is 25.9. The summed E-state index contributed by atoms with van der Waals surface area (Å²) in [6, 6.07) is 21.0. The topological polar surface area (TPSA) is 125 Å². The molecule has 36 heavy (non-hydrogen) atoms. The van der Waals surface area contributed by atoms with Crippen LogP contribution in [0.3, 0.4) is 0 Å². The van der Waals surface area contributed by atoms with E-state index in [4.69, 9.17) is 23.6 Å². The Balaban J connectivity index is 0.000000556. The summed E-state index contributed by atoms with van der Waals surface area (Å²) in [5.74, 6) is 0. The Morgan fingerprint density at radius 1 is 1.00 bits per heavy atom. The molecule has 10 heteroatoms. The smallest absolute Gasteiger partial charge is 0.347 e. The Hall–Kier alpha value is -3.18. The molecule has 186 valence electrons. The Bertz CT molecular complexity index is 1440. The van der Waals surface area contributed by atoms with Crippen molar-refractivity contribution in [3.05, 3.63) is 94.6 Å². The number of nitrogens with zero attached hydrogens (tertiary/aromatic N) is 4. The Kier molecular flexibility index (Phi) is 7.24. The number of likely N-dealkylation sites (N-methyl/N-ethyl adjacent to an activating group) is 1. The summed E-state index contributed by atoms with van der Waals surface area (Å²) in [6.07, 6.45) is 6.46. The molecular weight excluding hydrogens is 500 g/mol. The zero-order chi connectivity index (χ0) is 26.1. The van der Waals surface area contributed by atoms with Crippen molar-refractivity contribution in [3.63, 3.8) is 0 Å². The van der Waals surface area contributed by atoms with Crippen molar-refractivity contribution >= 4 is 28.9 Å². The zero-order valence-electron chi connectivity index (χ0n) is 20.2. The minimum absolute atomic E-state index is 0.0322. The van der Waals surface area contributed by atoms with Gasteiger partial charge in [0.05, 0.1) is 0 Å². The van der Waals surface area contributed by atoms with Crippen molar-refractivity contribution < 1.29 is 33.4 Å². The van der Waals surface area contributed by atoms with Gasteiger partial charge in [0, 0.05) is 53.9 Å². The standard InChI is InChI=1S/C26H25N4S.ClHO4/c1-18-17-21(19-11-6-5-7-12-19)27-25-23(31-28-30(18)25)15-10-16-24-26(2,3)20-13-8-9-14-22(20)29(24)4;2-1(3,4)5/h5-17H,1-4H3;(H,2,3,4,5)/q+1;/p-1/b15-10+,24-16-;. The lowest BCUT2D eigenvalue weighted by Gasteiger charge is -2.23. The maximum atomic E-state index is 8.49. The van der Waals surface area contributed by atoms with E-state index in [9.17, 15) is 0 Å². The number of para-hydroxylation sites is 1. The molecule has 0 radical (unpaired) electrons. The zero-order valence-corrected chi connectivity index (χ0v) is 21.8. The summed E-state index contributed by atoms with van der Waals surface area (Å²) in [6.45, 7) is 6.64. The van der Waals surface area contributed by atoms with E-state index in [1.54, 1.807) is 0 Å². The van der Waals surface area contributed by atoms with Gasteiger partial charge in [-0.2, -0.15) is 0 Å². The van der Waals surface area contributed by atoms with Crippen LogP contribution in [0.2, 0.25) is 0 Å². The second kappa shape index (κ2) is 10.1. The van der Waals surface area contributed by atoms with Crippen molar-refractivity contribution in [2.75, 3.05) is 11.9 Å². The monoisotopic (exact) mass is 524 g/mol. The molecule has 1 aliphatic heterocycles. The maximum absolute atomic E-state index is 8.49. The van der Waals surface area contributed by atoms with Crippen LogP contribution < -0.4 is 28.1 Å². The number of rotatable bonds is 3. The molecular formula is C26H25ClN4O4S. The lowest BCUT2D eigenvalue weighted by Crippen LogP contribution is -2.68. The van der Waals surface area contributed by atoms with Crippen LogP contribution >= 0.6 is 11.5 Å². The van der Waals surface area contributed by atoms with Crippen LogP contribution in [0.4, 0.5) is 5.69 Å². The van der Waals surface area contributed by atoms with E-state index in [1.165, 1.54) is 28.5 Å². The van der Waals surface area contributed by atoms with E-state index < -0.39 is 10.2 Å². The first-order valence-electron chi connectivity index (χ1n) is 11.1. The van der Waals surface area contributed by atoms with Gasteiger partial charge in [-0.1, -0.05) is 73.0 Å². The number of hydrogen-bond acceptors (Lipinski definition) is 8. The fraction of sp³-hybridized carbons (Fsp3) is 0.192. The lowest BCUT2D eigenvalue weighted by atomic mass is 9.84. The van der Waals surface area contributed by atoms with E-state index in [2.05, 4.69) is 97.9 Å². The number of benzene rings is 2. The first-order chi connectivity index (χ1) is 17.0. The molecule has 0 atom stereocenters. The molecule has 0 spiro atoms.